The van der Waals surface area contributed by atoms with Crippen LogP contribution in [0, 0.1) is 0 Å². The number of rotatable bonds is 8. The molecule has 28 heavy (non-hydrogen) atoms. The highest BCUT2D eigenvalue weighted by atomic mass is 16.5. The molecule has 1 aliphatic heterocycles. The summed E-state index contributed by atoms with van der Waals surface area (Å²) in [6, 6.07) is 16.4. The van der Waals surface area contributed by atoms with E-state index in [2.05, 4.69) is 35.7 Å². The molecule has 0 spiro atoms. The number of amides is 1. The van der Waals surface area contributed by atoms with Crippen molar-refractivity contribution in [1.29, 1.82) is 0 Å². The van der Waals surface area contributed by atoms with Crippen molar-refractivity contribution in [3.63, 3.8) is 0 Å². The molecule has 0 N–H and O–H groups in total. The Bertz CT molecular complexity index is 763. The van der Waals surface area contributed by atoms with Crippen molar-refractivity contribution < 1.29 is 14.3 Å². The summed E-state index contributed by atoms with van der Waals surface area (Å²) in [6.45, 7) is 8.46. The van der Waals surface area contributed by atoms with E-state index in [0.717, 1.165) is 50.6 Å². The van der Waals surface area contributed by atoms with Gasteiger partial charge in [-0.05, 0) is 41.5 Å². The smallest absolute Gasteiger partial charge is 0.246 e. The predicted molar refractivity (Wildman–Crippen MR) is 111 cm³/mol. The molecule has 5 nitrogen and oxygen atoms in total. The van der Waals surface area contributed by atoms with E-state index in [1.807, 2.05) is 29.2 Å². The fraction of sp³-hybridized carbons (Fsp3) is 0.348. The summed E-state index contributed by atoms with van der Waals surface area (Å²) in [5, 5.41) is 0. The van der Waals surface area contributed by atoms with Crippen LogP contribution in [0.15, 0.2) is 61.2 Å². The maximum absolute atomic E-state index is 11.6. The summed E-state index contributed by atoms with van der Waals surface area (Å²) in [7, 11) is 1.66. The zero-order valence-corrected chi connectivity index (χ0v) is 16.5. The average Bonchev–Trinajstić information content (AvgIpc) is 2.75. The molecule has 2 aromatic carbocycles. The Labute approximate surface area is 167 Å². The number of nitrogens with zero attached hydrogens (tertiary/aromatic N) is 2. The normalized spacial score (nSPS) is 14.5. The molecule has 148 valence electrons. The van der Waals surface area contributed by atoms with Gasteiger partial charge in [-0.3, -0.25) is 9.69 Å². The van der Waals surface area contributed by atoms with Crippen molar-refractivity contribution in [1.82, 2.24) is 9.80 Å². The second kappa shape index (κ2) is 9.95. The van der Waals surface area contributed by atoms with E-state index in [9.17, 15) is 4.79 Å². The molecule has 0 saturated carbocycles. The van der Waals surface area contributed by atoms with Gasteiger partial charge in [-0.25, -0.2) is 0 Å². The topological polar surface area (TPSA) is 42.0 Å². The zero-order valence-electron chi connectivity index (χ0n) is 16.5. The maximum Gasteiger partial charge on any atom is 0.246 e. The van der Waals surface area contributed by atoms with Gasteiger partial charge >= 0.3 is 0 Å². The molecule has 0 aliphatic carbocycles. The van der Waals surface area contributed by atoms with E-state index in [4.69, 9.17) is 9.47 Å². The van der Waals surface area contributed by atoms with Crippen LogP contribution in [0.3, 0.4) is 0 Å². The fourth-order valence-corrected chi connectivity index (χ4v) is 3.28. The van der Waals surface area contributed by atoms with E-state index in [1.165, 1.54) is 17.2 Å². The first-order valence-electron chi connectivity index (χ1n) is 9.66. The first-order chi connectivity index (χ1) is 13.7. The lowest BCUT2D eigenvalue weighted by molar-refractivity contribution is -0.127. The van der Waals surface area contributed by atoms with Crippen LogP contribution in [-0.2, 0) is 17.8 Å². The van der Waals surface area contributed by atoms with Gasteiger partial charge in [0, 0.05) is 39.1 Å². The summed E-state index contributed by atoms with van der Waals surface area (Å²) < 4.78 is 10.9. The standard InChI is InChI=1S/C23H28N2O3/c1-3-23(26)25-15-13-24(14-16-25)18-20-6-4-19(5-7-20)12-17-28-22-10-8-21(27-2)9-11-22/h3-11H,1,12-18H2,2H3. The van der Waals surface area contributed by atoms with Crippen molar-refractivity contribution in [2.75, 3.05) is 39.9 Å². The minimum absolute atomic E-state index is 0.0286. The minimum Gasteiger partial charge on any atom is -0.497 e. The molecule has 1 aliphatic rings. The Morgan fingerprint density at radius 2 is 1.57 bits per heavy atom. The van der Waals surface area contributed by atoms with E-state index < -0.39 is 0 Å². The number of hydrogen-bond donors (Lipinski definition) is 0. The molecule has 0 unspecified atom stereocenters. The Hall–Kier alpha value is -2.79. The van der Waals surface area contributed by atoms with Gasteiger partial charge in [-0.1, -0.05) is 30.8 Å². The molecule has 1 saturated heterocycles. The summed E-state index contributed by atoms with van der Waals surface area (Å²) >= 11 is 0. The van der Waals surface area contributed by atoms with Gasteiger partial charge in [0.15, 0.2) is 0 Å². The second-order valence-electron chi connectivity index (χ2n) is 6.90. The Balaban J connectivity index is 1.41. The number of carbonyl (C=O) groups is 1. The van der Waals surface area contributed by atoms with Crippen molar-refractivity contribution >= 4 is 5.91 Å². The number of piperazine rings is 1. The Kier molecular flexibility index (Phi) is 7.09. The average molecular weight is 380 g/mol. The lowest BCUT2D eigenvalue weighted by Gasteiger charge is -2.34. The van der Waals surface area contributed by atoms with Gasteiger partial charge in [0.1, 0.15) is 11.5 Å². The third-order valence-corrected chi connectivity index (χ3v) is 5.01. The quantitative estimate of drug-likeness (QED) is 0.660. The largest absolute Gasteiger partial charge is 0.497 e. The summed E-state index contributed by atoms with van der Waals surface area (Å²) in [5.41, 5.74) is 2.56. The van der Waals surface area contributed by atoms with Gasteiger partial charge in [-0.2, -0.15) is 0 Å². The van der Waals surface area contributed by atoms with Crippen LogP contribution >= 0.6 is 0 Å². The highest BCUT2D eigenvalue weighted by Gasteiger charge is 2.19. The Morgan fingerprint density at radius 1 is 0.964 bits per heavy atom. The van der Waals surface area contributed by atoms with Crippen LogP contribution in [0.1, 0.15) is 11.1 Å². The summed E-state index contributed by atoms with van der Waals surface area (Å²) in [4.78, 5) is 15.9. The number of carbonyl (C=O) groups excluding carboxylic acids is 1. The van der Waals surface area contributed by atoms with Crippen LogP contribution in [0.4, 0.5) is 0 Å². The molecular weight excluding hydrogens is 352 g/mol. The number of methoxy groups -OCH3 is 1. The van der Waals surface area contributed by atoms with Crippen molar-refractivity contribution in [2.24, 2.45) is 0 Å². The lowest BCUT2D eigenvalue weighted by atomic mass is 10.1. The van der Waals surface area contributed by atoms with Crippen LogP contribution in [0.25, 0.3) is 0 Å². The van der Waals surface area contributed by atoms with Gasteiger partial charge in [-0.15, -0.1) is 0 Å². The molecule has 1 fully saturated rings. The molecule has 1 amide bonds. The van der Waals surface area contributed by atoms with E-state index in [-0.39, 0.29) is 5.91 Å². The minimum atomic E-state index is 0.0286. The number of benzene rings is 2. The number of hydrogen-bond acceptors (Lipinski definition) is 4. The number of ether oxygens (including phenoxy) is 2. The highest BCUT2D eigenvalue weighted by Crippen LogP contribution is 2.17. The van der Waals surface area contributed by atoms with Crippen molar-refractivity contribution in [2.45, 2.75) is 13.0 Å². The first kappa shape index (κ1) is 20.0. The van der Waals surface area contributed by atoms with Crippen molar-refractivity contribution in [3.8, 4) is 11.5 Å². The van der Waals surface area contributed by atoms with Crippen LogP contribution in [0.2, 0.25) is 0 Å². The molecule has 0 atom stereocenters. The summed E-state index contributed by atoms with van der Waals surface area (Å²) in [5.74, 6) is 1.71. The molecule has 2 aromatic rings. The predicted octanol–water partition coefficient (Wildman–Crippen LogP) is 3.15. The molecule has 5 heteroatoms. The van der Waals surface area contributed by atoms with Crippen molar-refractivity contribution in [3.05, 3.63) is 72.3 Å². The molecule has 3 rings (SSSR count). The molecule has 1 heterocycles. The molecule has 0 radical (unpaired) electrons. The summed E-state index contributed by atoms with van der Waals surface area (Å²) in [6.07, 6.45) is 2.27. The monoisotopic (exact) mass is 380 g/mol. The highest BCUT2D eigenvalue weighted by molar-refractivity contribution is 5.87. The zero-order chi connectivity index (χ0) is 19.8. The van der Waals surface area contributed by atoms with Crippen LogP contribution < -0.4 is 9.47 Å². The van der Waals surface area contributed by atoms with Gasteiger partial charge < -0.3 is 14.4 Å². The van der Waals surface area contributed by atoms with Gasteiger partial charge in [0.25, 0.3) is 0 Å². The van der Waals surface area contributed by atoms with Crippen LogP contribution in [0.5, 0.6) is 11.5 Å². The SMILES string of the molecule is C=CC(=O)N1CCN(Cc2ccc(CCOc3ccc(OC)cc3)cc2)CC1. The Morgan fingerprint density at radius 3 is 2.18 bits per heavy atom. The molecule has 0 aromatic heterocycles. The molecular formula is C23H28N2O3. The third-order valence-electron chi connectivity index (χ3n) is 5.01. The van der Waals surface area contributed by atoms with Crippen LogP contribution in [-0.4, -0.2) is 55.6 Å². The fourth-order valence-electron chi connectivity index (χ4n) is 3.28. The van der Waals surface area contributed by atoms with E-state index in [0.29, 0.717) is 6.61 Å². The van der Waals surface area contributed by atoms with E-state index in [1.54, 1.807) is 7.11 Å². The van der Waals surface area contributed by atoms with E-state index >= 15 is 0 Å². The molecule has 0 bridgehead atoms. The van der Waals surface area contributed by atoms with Gasteiger partial charge in [0.05, 0.1) is 13.7 Å². The van der Waals surface area contributed by atoms with Gasteiger partial charge in [0.2, 0.25) is 5.91 Å². The third kappa shape index (κ3) is 5.60. The second-order valence-corrected chi connectivity index (χ2v) is 6.90. The lowest BCUT2D eigenvalue weighted by Crippen LogP contribution is -2.47. The maximum atomic E-state index is 11.6. The first-order valence-corrected chi connectivity index (χ1v) is 9.66.